The van der Waals surface area contributed by atoms with Crippen LogP contribution in [-0.4, -0.2) is 17.5 Å². The van der Waals surface area contributed by atoms with Crippen molar-refractivity contribution in [3.8, 4) is 11.1 Å². The summed E-state index contributed by atoms with van der Waals surface area (Å²) in [5, 5.41) is 3.60. The van der Waals surface area contributed by atoms with E-state index in [1.54, 1.807) is 0 Å². The van der Waals surface area contributed by atoms with Crippen molar-refractivity contribution in [3.63, 3.8) is 0 Å². The van der Waals surface area contributed by atoms with Gasteiger partial charge in [-0.05, 0) is 35.4 Å². The summed E-state index contributed by atoms with van der Waals surface area (Å²) in [6.07, 6.45) is 1.28. The normalized spacial score (nSPS) is 18.8. The van der Waals surface area contributed by atoms with Crippen molar-refractivity contribution in [1.29, 1.82) is 0 Å². The van der Waals surface area contributed by atoms with Crippen molar-refractivity contribution >= 4 is 17.4 Å². The Kier molecular flexibility index (Phi) is 3.56. The summed E-state index contributed by atoms with van der Waals surface area (Å²) in [6.45, 7) is 0. The average molecular weight is 255 g/mol. The molecule has 1 saturated heterocycles. The number of anilines is 1. The first-order valence-electron chi connectivity index (χ1n) is 6.41. The lowest BCUT2D eigenvalue weighted by Crippen LogP contribution is -2.17. The Hall–Kier alpha value is -1.41. The molecule has 0 saturated carbocycles. The van der Waals surface area contributed by atoms with Gasteiger partial charge in [0, 0.05) is 17.5 Å². The third kappa shape index (κ3) is 2.70. The SMILES string of the molecule is c1ccc(-c2ccc(NC3CCSC3)cc2)cc1. The molecular formula is C16H17NS. The number of hydrogen-bond donors (Lipinski definition) is 1. The molecule has 1 atom stereocenters. The van der Waals surface area contributed by atoms with Crippen LogP contribution in [0.3, 0.4) is 0 Å². The molecule has 0 aliphatic carbocycles. The molecule has 1 N–H and O–H groups in total. The van der Waals surface area contributed by atoms with Gasteiger partial charge in [-0.25, -0.2) is 0 Å². The summed E-state index contributed by atoms with van der Waals surface area (Å²) in [4.78, 5) is 0. The highest BCUT2D eigenvalue weighted by Gasteiger charge is 2.14. The van der Waals surface area contributed by atoms with Gasteiger partial charge >= 0.3 is 0 Å². The summed E-state index contributed by atoms with van der Waals surface area (Å²) in [7, 11) is 0. The Bertz CT molecular complexity index is 486. The summed E-state index contributed by atoms with van der Waals surface area (Å²) in [5.74, 6) is 2.53. The summed E-state index contributed by atoms with van der Waals surface area (Å²) in [6, 6.07) is 19.9. The highest BCUT2D eigenvalue weighted by molar-refractivity contribution is 7.99. The Labute approximate surface area is 113 Å². The molecule has 3 rings (SSSR count). The first-order valence-corrected chi connectivity index (χ1v) is 7.57. The molecule has 1 unspecified atom stereocenters. The Morgan fingerprint density at radius 3 is 2.28 bits per heavy atom. The first kappa shape index (κ1) is 11.7. The van der Waals surface area contributed by atoms with E-state index in [-0.39, 0.29) is 0 Å². The van der Waals surface area contributed by atoms with Crippen LogP contribution in [0.4, 0.5) is 5.69 Å². The quantitative estimate of drug-likeness (QED) is 0.879. The zero-order valence-electron chi connectivity index (χ0n) is 10.3. The lowest BCUT2D eigenvalue weighted by molar-refractivity contribution is 0.813. The Morgan fingerprint density at radius 1 is 0.889 bits per heavy atom. The van der Waals surface area contributed by atoms with Crippen LogP contribution >= 0.6 is 11.8 Å². The molecule has 0 aromatic heterocycles. The molecule has 1 aliphatic heterocycles. The van der Waals surface area contributed by atoms with Gasteiger partial charge in [0.25, 0.3) is 0 Å². The highest BCUT2D eigenvalue weighted by Crippen LogP contribution is 2.24. The van der Waals surface area contributed by atoms with Gasteiger partial charge in [-0.1, -0.05) is 42.5 Å². The molecule has 0 radical (unpaired) electrons. The van der Waals surface area contributed by atoms with Gasteiger partial charge in [-0.2, -0.15) is 11.8 Å². The topological polar surface area (TPSA) is 12.0 Å². The van der Waals surface area contributed by atoms with Gasteiger partial charge in [0.1, 0.15) is 0 Å². The van der Waals surface area contributed by atoms with Crippen molar-refractivity contribution in [2.75, 3.05) is 16.8 Å². The van der Waals surface area contributed by atoms with Crippen LogP contribution in [0.1, 0.15) is 6.42 Å². The van der Waals surface area contributed by atoms with Crippen molar-refractivity contribution in [2.45, 2.75) is 12.5 Å². The standard InChI is InChI=1S/C16H17NS/c1-2-4-13(5-3-1)14-6-8-15(9-7-14)17-16-10-11-18-12-16/h1-9,16-17H,10-12H2. The minimum absolute atomic E-state index is 0.651. The number of benzene rings is 2. The Balaban J connectivity index is 1.72. The zero-order valence-corrected chi connectivity index (χ0v) is 11.1. The van der Waals surface area contributed by atoms with Crippen LogP contribution in [0.25, 0.3) is 11.1 Å². The number of rotatable bonds is 3. The molecule has 1 nitrogen and oxygen atoms in total. The monoisotopic (exact) mass is 255 g/mol. The number of thioether (sulfide) groups is 1. The van der Waals surface area contributed by atoms with Gasteiger partial charge in [0.15, 0.2) is 0 Å². The second-order valence-electron chi connectivity index (χ2n) is 4.65. The van der Waals surface area contributed by atoms with E-state index in [0.717, 1.165) is 0 Å². The van der Waals surface area contributed by atoms with Crippen molar-refractivity contribution < 1.29 is 0 Å². The molecule has 1 fully saturated rings. The molecule has 1 heterocycles. The largest absolute Gasteiger partial charge is 0.381 e. The zero-order chi connectivity index (χ0) is 12.2. The lowest BCUT2D eigenvalue weighted by atomic mass is 10.1. The van der Waals surface area contributed by atoms with E-state index in [1.807, 2.05) is 11.8 Å². The molecule has 18 heavy (non-hydrogen) atoms. The summed E-state index contributed by atoms with van der Waals surface area (Å²) in [5.41, 5.74) is 3.80. The maximum Gasteiger partial charge on any atom is 0.0359 e. The van der Waals surface area contributed by atoms with Crippen molar-refractivity contribution in [2.24, 2.45) is 0 Å². The van der Waals surface area contributed by atoms with E-state index in [0.29, 0.717) is 6.04 Å². The highest BCUT2D eigenvalue weighted by atomic mass is 32.2. The van der Waals surface area contributed by atoms with E-state index >= 15 is 0 Å². The summed E-state index contributed by atoms with van der Waals surface area (Å²) < 4.78 is 0. The summed E-state index contributed by atoms with van der Waals surface area (Å²) >= 11 is 2.04. The molecule has 2 aromatic carbocycles. The van der Waals surface area contributed by atoms with Crippen LogP contribution in [-0.2, 0) is 0 Å². The van der Waals surface area contributed by atoms with Gasteiger partial charge in [-0.3, -0.25) is 0 Å². The van der Waals surface area contributed by atoms with E-state index in [2.05, 4.69) is 59.9 Å². The van der Waals surface area contributed by atoms with Gasteiger partial charge in [0.05, 0.1) is 0 Å². The predicted molar refractivity (Wildman–Crippen MR) is 81.2 cm³/mol. The molecular weight excluding hydrogens is 238 g/mol. The van der Waals surface area contributed by atoms with Crippen LogP contribution in [0.15, 0.2) is 54.6 Å². The minimum atomic E-state index is 0.651. The third-order valence-electron chi connectivity index (χ3n) is 3.29. The van der Waals surface area contributed by atoms with Gasteiger partial charge in [0.2, 0.25) is 0 Å². The molecule has 2 heteroatoms. The maximum atomic E-state index is 3.60. The molecule has 0 bridgehead atoms. The fourth-order valence-electron chi connectivity index (χ4n) is 2.27. The Morgan fingerprint density at radius 2 is 1.61 bits per heavy atom. The second kappa shape index (κ2) is 5.49. The van der Waals surface area contributed by atoms with E-state index in [1.165, 1.54) is 34.7 Å². The lowest BCUT2D eigenvalue weighted by Gasteiger charge is -2.13. The van der Waals surface area contributed by atoms with Crippen molar-refractivity contribution in [3.05, 3.63) is 54.6 Å². The minimum Gasteiger partial charge on any atom is -0.381 e. The molecule has 0 spiro atoms. The molecule has 0 amide bonds. The fourth-order valence-corrected chi connectivity index (χ4v) is 3.43. The van der Waals surface area contributed by atoms with E-state index < -0.39 is 0 Å². The predicted octanol–water partition coefficient (Wildman–Crippen LogP) is 4.27. The average Bonchev–Trinajstić information content (AvgIpc) is 2.94. The number of nitrogens with one attached hydrogen (secondary N) is 1. The number of hydrogen-bond acceptors (Lipinski definition) is 2. The molecule has 92 valence electrons. The van der Waals surface area contributed by atoms with Gasteiger partial charge in [-0.15, -0.1) is 0 Å². The first-order chi connectivity index (χ1) is 8.92. The molecule has 2 aromatic rings. The molecule has 1 aliphatic rings. The van der Waals surface area contributed by atoms with E-state index in [4.69, 9.17) is 0 Å². The van der Waals surface area contributed by atoms with Crippen LogP contribution in [0, 0.1) is 0 Å². The fraction of sp³-hybridized carbons (Fsp3) is 0.250. The van der Waals surface area contributed by atoms with Crippen LogP contribution < -0.4 is 5.32 Å². The van der Waals surface area contributed by atoms with Crippen LogP contribution in [0.2, 0.25) is 0 Å². The van der Waals surface area contributed by atoms with E-state index in [9.17, 15) is 0 Å². The smallest absolute Gasteiger partial charge is 0.0359 e. The second-order valence-corrected chi connectivity index (χ2v) is 5.80. The van der Waals surface area contributed by atoms with Crippen LogP contribution in [0.5, 0.6) is 0 Å². The third-order valence-corrected chi connectivity index (χ3v) is 4.45. The van der Waals surface area contributed by atoms with Crippen molar-refractivity contribution in [1.82, 2.24) is 0 Å². The maximum absolute atomic E-state index is 3.60. The van der Waals surface area contributed by atoms with Gasteiger partial charge < -0.3 is 5.32 Å².